The maximum atomic E-state index is 13.9. The zero-order valence-corrected chi connectivity index (χ0v) is 14.1. The maximum Gasteiger partial charge on any atom is 0.258 e. The van der Waals surface area contributed by atoms with Crippen molar-refractivity contribution in [3.05, 3.63) is 58.9 Å². The van der Waals surface area contributed by atoms with Crippen molar-refractivity contribution in [1.82, 2.24) is 4.90 Å². The fourth-order valence-electron chi connectivity index (χ4n) is 2.84. The summed E-state index contributed by atoms with van der Waals surface area (Å²) in [5.41, 5.74) is 0.999. The minimum absolute atomic E-state index is 0.0472. The molecule has 0 radical (unpaired) electrons. The molecule has 1 saturated heterocycles. The first-order valence-corrected chi connectivity index (χ1v) is 8.10. The lowest BCUT2D eigenvalue weighted by atomic mass is 10.1. The number of hydrogen-bond acceptors (Lipinski definition) is 3. The fourth-order valence-corrected chi connectivity index (χ4v) is 3.08. The minimum atomic E-state index is -0.581. The summed E-state index contributed by atoms with van der Waals surface area (Å²) in [6.45, 7) is 2.37. The van der Waals surface area contributed by atoms with E-state index >= 15 is 0 Å². The van der Waals surface area contributed by atoms with E-state index in [-0.39, 0.29) is 16.5 Å². The number of anilines is 1. The van der Waals surface area contributed by atoms with Crippen LogP contribution in [-0.4, -0.2) is 44.1 Å². The standard InChI is InChI=1S/C18H18ClFN2O2/c1-24-14-5-2-4-13(12-14)21-8-10-22(11-9-21)18(23)17-15(19)6-3-7-16(17)20/h2-7,12H,8-11H2,1H3. The van der Waals surface area contributed by atoms with Crippen LogP contribution < -0.4 is 9.64 Å². The molecule has 0 unspecified atom stereocenters. The summed E-state index contributed by atoms with van der Waals surface area (Å²) in [7, 11) is 1.63. The topological polar surface area (TPSA) is 32.8 Å². The first-order chi connectivity index (χ1) is 11.6. The molecule has 24 heavy (non-hydrogen) atoms. The number of methoxy groups -OCH3 is 1. The van der Waals surface area contributed by atoms with Gasteiger partial charge >= 0.3 is 0 Å². The lowest BCUT2D eigenvalue weighted by molar-refractivity contribution is 0.0742. The molecule has 1 heterocycles. The van der Waals surface area contributed by atoms with E-state index in [2.05, 4.69) is 4.90 Å². The monoisotopic (exact) mass is 348 g/mol. The van der Waals surface area contributed by atoms with E-state index in [0.29, 0.717) is 26.2 Å². The molecule has 0 atom stereocenters. The van der Waals surface area contributed by atoms with Crippen LogP contribution in [0.1, 0.15) is 10.4 Å². The smallest absolute Gasteiger partial charge is 0.258 e. The van der Waals surface area contributed by atoms with Crippen molar-refractivity contribution in [2.75, 3.05) is 38.2 Å². The molecule has 0 bridgehead atoms. The fraction of sp³-hybridized carbons (Fsp3) is 0.278. The van der Waals surface area contributed by atoms with Crippen molar-refractivity contribution < 1.29 is 13.9 Å². The maximum absolute atomic E-state index is 13.9. The first-order valence-electron chi connectivity index (χ1n) is 7.72. The second-order valence-electron chi connectivity index (χ2n) is 5.58. The third kappa shape index (κ3) is 3.31. The van der Waals surface area contributed by atoms with Crippen LogP contribution in [0, 0.1) is 5.82 Å². The van der Waals surface area contributed by atoms with Gasteiger partial charge in [-0.15, -0.1) is 0 Å². The van der Waals surface area contributed by atoms with Crippen molar-refractivity contribution in [3.8, 4) is 5.75 Å². The number of nitrogens with zero attached hydrogens (tertiary/aromatic N) is 2. The summed E-state index contributed by atoms with van der Waals surface area (Å²) in [6.07, 6.45) is 0. The lowest BCUT2D eigenvalue weighted by Gasteiger charge is -2.36. The average Bonchev–Trinajstić information content (AvgIpc) is 2.61. The highest BCUT2D eigenvalue weighted by molar-refractivity contribution is 6.33. The van der Waals surface area contributed by atoms with E-state index in [4.69, 9.17) is 16.3 Å². The van der Waals surface area contributed by atoms with Gasteiger partial charge in [-0.3, -0.25) is 4.79 Å². The van der Waals surface area contributed by atoms with Gasteiger partial charge in [0.25, 0.3) is 5.91 Å². The van der Waals surface area contributed by atoms with Crippen LogP contribution in [0.2, 0.25) is 5.02 Å². The van der Waals surface area contributed by atoms with Gasteiger partial charge in [0.05, 0.1) is 17.7 Å². The van der Waals surface area contributed by atoms with Gasteiger partial charge in [0.15, 0.2) is 0 Å². The molecule has 0 N–H and O–H groups in total. The summed E-state index contributed by atoms with van der Waals surface area (Å²) in [5, 5.41) is 0.148. The highest BCUT2D eigenvalue weighted by Crippen LogP contribution is 2.24. The molecule has 0 aromatic heterocycles. The second-order valence-corrected chi connectivity index (χ2v) is 5.98. The van der Waals surface area contributed by atoms with Gasteiger partial charge in [-0.25, -0.2) is 4.39 Å². The highest BCUT2D eigenvalue weighted by Gasteiger charge is 2.26. The number of rotatable bonds is 3. The Morgan fingerprint density at radius 2 is 1.83 bits per heavy atom. The molecule has 1 amide bonds. The van der Waals surface area contributed by atoms with Crippen molar-refractivity contribution in [2.45, 2.75) is 0 Å². The summed E-state index contributed by atoms with van der Waals surface area (Å²) < 4.78 is 19.2. The van der Waals surface area contributed by atoms with Gasteiger partial charge in [-0.2, -0.15) is 0 Å². The zero-order chi connectivity index (χ0) is 17.1. The van der Waals surface area contributed by atoms with Crippen LogP contribution in [0.3, 0.4) is 0 Å². The molecule has 6 heteroatoms. The van der Waals surface area contributed by atoms with E-state index < -0.39 is 5.82 Å². The van der Waals surface area contributed by atoms with Gasteiger partial charge in [-0.1, -0.05) is 23.7 Å². The zero-order valence-electron chi connectivity index (χ0n) is 13.3. The molecule has 126 valence electrons. The summed E-state index contributed by atoms with van der Waals surface area (Å²) >= 11 is 5.99. The number of ether oxygens (including phenoxy) is 1. The van der Waals surface area contributed by atoms with E-state index in [1.165, 1.54) is 18.2 Å². The molecule has 0 saturated carbocycles. The van der Waals surface area contributed by atoms with Gasteiger partial charge < -0.3 is 14.5 Å². The number of carbonyl (C=O) groups is 1. The molecular weight excluding hydrogens is 331 g/mol. The van der Waals surface area contributed by atoms with Crippen molar-refractivity contribution in [2.24, 2.45) is 0 Å². The number of piperazine rings is 1. The summed E-state index contributed by atoms with van der Waals surface area (Å²) in [5.74, 6) is -0.143. The largest absolute Gasteiger partial charge is 0.497 e. The quantitative estimate of drug-likeness (QED) is 0.851. The van der Waals surface area contributed by atoms with Crippen molar-refractivity contribution in [3.63, 3.8) is 0 Å². The van der Waals surface area contributed by atoms with Gasteiger partial charge in [0.1, 0.15) is 11.6 Å². The number of hydrogen-bond donors (Lipinski definition) is 0. The Kier molecular flexibility index (Phi) is 4.90. The molecule has 4 nitrogen and oxygen atoms in total. The van der Waals surface area contributed by atoms with E-state index in [0.717, 1.165) is 11.4 Å². The van der Waals surface area contributed by atoms with Crippen LogP contribution in [0.15, 0.2) is 42.5 Å². The molecule has 1 aliphatic rings. The Morgan fingerprint density at radius 3 is 2.50 bits per heavy atom. The second kappa shape index (κ2) is 7.09. The number of carbonyl (C=O) groups excluding carboxylic acids is 1. The van der Waals surface area contributed by atoms with Crippen LogP contribution in [0.4, 0.5) is 10.1 Å². The third-order valence-electron chi connectivity index (χ3n) is 4.16. The van der Waals surface area contributed by atoms with Crippen molar-refractivity contribution in [1.29, 1.82) is 0 Å². The molecule has 2 aromatic carbocycles. The third-order valence-corrected chi connectivity index (χ3v) is 4.48. The summed E-state index contributed by atoms with van der Waals surface area (Å²) in [4.78, 5) is 16.4. The van der Waals surface area contributed by atoms with Crippen LogP contribution >= 0.6 is 11.6 Å². The highest BCUT2D eigenvalue weighted by atomic mass is 35.5. The van der Waals surface area contributed by atoms with Crippen LogP contribution in [0.25, 0.3) is 0 Å². The number of benzene rings is 2. The Balaban J connectivity index is 1.69. The van der Waals surface area contributed by atoms with Gasteiger partial charge in [0, 0.05) is 37.9 Å². The van der Waals surface area contributed by atoms with Gasteiger partial charge in [-0.05, 0) is 24.3 Å². The Labute approximate surface area is 145 Å². The van der Waals surface area contributed by atoms with Crippen LogP contribution in [-0.2, 0) is 0 Å². The SMILES string of the molecule is COc1cccc(N2CCN(C(=O)c3c(F)cccc3Cl)CC2)c1. The molecule has 1 fully saturated rings. The van der Waals surface area contributed by atoms with Crippen LogP contribution in [0.5, 0.6) is 5.75 Å². The normalized spacial score (nSPS) is 14.6. The van der Waals surface area contributed by atoms with E-state index in [1.807, 2.05) is 24.3 Å². The number of amides is 1. The molecule has 2 aromatic rings. The Morgan fingerprint density at radius 1 is 1.12 bits per heavy atom. The molecule has 0 spiro atoms. The first kappa shape index (κ1) is 16.6. The Hall–Kier alpha value is -2.27. The molecule has 3 rings (SSSR count). The number of halogens is 2. The Bertz CT molecular complexity index is 725. The van der Waals surface area contributed by atoms with Crippen molar-refractivity contribution >= 4 is 23.2 Å². The molecule has 0 aliphatic carbocycles. The molecular formula is C18H18ClFN2O2. The van der Waals surface area contributed by atoms with Gasteiger partial charge in [0.2, 0.25) is 0 Å². The minimum Gasteiger partial charge on any atom is -0.497 e. The predicted octanol–water partition coefficient (Wildman–Crippen LogP) is 3.45. The van der Waals surface area contributed by atoms with E-state index in [1.54, 1.807) is 12.0 Å². The lowest BCUT2D eigenvalue weighted by Crippen LogP contribution is -2.49. The summed E-state index contributed by atoms with van der Waals surface area (Å²) in [6, 6.07) is 12.1. The average molecular weight is 349 g/mol. The van der Waals surface area contributed by atoms with E-state index in [9.17, 15) is 9.18 Å². The molecule has 1 aliphatic heterocycles. The predicted molar refractivity (Wildman–Crippen MR) is 92.5 cm³/mol.